The zero-order valence-corrected chi connectivity index (χ0v) is 12.0. The van der Waals surface area contributed by atoms with Gasteiger partial charge in [-0.2, -0.15) is 0 Å². The van der Waals surface area contributed by atoms with Gasteiger partial charge in [-0.25, -0.2) is 9.36 Å². The zero-order valence-electron chi connectivity index (χ0n) is 11.1. The lowest BCUT2D eigenvalue weighted by Crippen LogP contribution is -2.65. The van der Waals surface area contributed by atoms with Crippen molar-refractivity contribution in [2.45, 2.75) is 37.2 Å². The zero-order chi connectivity index (χ0) is 16.7. The fraction of sp³-hybridized carbons (Fsp3) is 0.778. The highest BCUT2D eigenvalue weighted by Gasteiger charge is 2.47. The van der Waals surface area contributed by atoms with Gasteiger partial charge in [0.05, 0.1) is 12.7 Å². The molecule has 12 nitrogen and oxygen atoms in total. The van der Waals surface area contributed by atoms with Crippen LogP contribution in [0.1, 0.15) is 6.42 Å². The first-order chi connectivity index (χ1) is 10.1. The number of rotatable bonds is 4. The lowest BCUT2D eigenvalue weighted by molar-refractivity contribution is -0.134. The molecule has 0 aromatic heterocycles. The number of ether oxygens (including phenoxy) is 1. The quantitative estimate of drug-likeness (QED) is 0.265. The molecule has 2 amide bonds. The molecule has 0 saturated carbocycles. The molecule has 0 aromatic carbocycles. The molecule has 0 radical (unpaired) electrons. The van der Waals surface area contributed by atoms with Crippen LogP contribution in [0.3, 0.4) is 0 Å². The molecule has 2 aliphatic rings. The number of aliphatic hydroxyl groups is 3. The monoisotopic (exact) mass is 341 g/mol. The fourth-order valence-corrected chi connectivity index (χ4v) is 2.52. The molecule has 5 atom stereocenters. The Balaban J connectivity index is 2.03. The number of carbonyl (C=O) groups excluding carboxylic acids is 1. The first-order valence-corrected chi connectivity index (χ1v) is 7.70. The SMILES string of the molecule is N=C1NC(=O)N(C2CC(O)C(COP(=O)(O)O)O2)C(O)C1O. The van der Waals surface area contributed by atoms with Gasteiger partial charge >= 0.3 is 13.9 Å². The number of urea groups is 1. The van der Waals surface area contributed by atoms with Crippen LogP contribution in [0.15, 0.2) is 0 Å². The molecule has 5 unspecified atom stereocenters. The normalized spacial score (nSPS) is 36.6. The molecule has 2 fully saturated rings. The van der Waals surface area contributed by atoms with Gasteiger partial charge in [0.15, 0.2) is 12.3 Å². The third-order valence-electron chi connectivity index (χ3n) is 3.26. The van der Waals surface area contributed by atoms with E-state index in [0.717, 1.165) is 0 Å². The summed E-state index contributed by atoms with van der Waals surface area (Å²) in [6.07, 6.45) is -7.06. The van der Waals surface area contributed by atoms with Crippen LogP contribution in [-0.2, 0) is 13.8 Å². The van der Waals surface area contributed by atoms with E-state index in [0.29, 0.717) is 4.90 Å². The van der Waals surface area contributed by atoms with E-state index < -0.39 is 57.1 Å². The number of nitrogens with zero attached hydrogens (tertiary/aromatic N) is 1. The first kappa shape index (κ1) is 17.2. The maximum absolute atomic E-state index is 11.8. The Morgan fingerprint density at radius 3 is 2.64 bits per heavy atom. The molecule has 2 saturated heterocycles. The Morgan fingerprint density at radius 1 is 1.41 bits per heavy atom. The molecule has 0 spiro atoms. The van der Waals surface area contributed by atoms with Gasteiger partial charge in [-0.1, -0.05) is 0 Å². The Labute approximate surface area is 124 Å². The van der Waals surface area contributed by atoms with Crippen molar-refractivity contribution in [2.24, 2.45) is 0 Å². The molecule has 7 N–H and O–H groups in total. The first-order valence-electron chi connectivity index (χ1n) is 6.17. The molecule has 0 bridgehead atoms. The average Bonchev–Trinajstić information content (AvgIpc) is 2.74. The second kappa shape index (κ2) is 6.18. The summed E-state index contributed by atoms with van der Waals surface area (Å²) in [4.78, 5) is 29.7. The molecule has 2 heterocycles. The van der Waals surface area contributed by atoms with Gasteiger partial charge in [0.25, 0.3) is 0 Å². The predicted octanol–water partition coefficient (Wildman–Crippen LogP) is -2.75. The van der Waals surface area contributed by atoms with Gasteiger partial charge in [-0.15, -0.1) is 0 Å². The standard InChI is InChI=1S/C9H16N3O9P/c10-7-6(14)8(15)12(9(16)11-7)5-1-3(13)4(21-5)2-20-22(17,18)19/h3-6,8,13-15H,1-2H2,(H2,10,11,16)(H2,17,18,19). The lowest BCUT2D eigenvalue weighted by Gasteiger charge is -2.39. The van der Waals surface area contributed by atoms with E-state index in [-0.39, 0.29) is 6.42 Å². The van der Waals surface area contributed by atoms with Gasteiger partial charge in [-0.3, -0.25) is 20.1 Å². The number of aliphatic hydroxyl groups excluding tert-OH is 3. The van der Waals surface area contributed by atoms with Crippen molar-refractivity contribution in [1.82, 2.24) is 10.2 Å². The highest BCUT2D eigenvalue weighted by Crippen LogP contribution is 2.37. The largest absolute Gasteiger partial charge is 0.469 e. The molecule has 2 rings (SSSR count). The Bertz CT molecular complexity index is 511. The van der Waals surface area contributed by atoms with Crippen LogP contribution in [-0.4, -0.2) is 79.2 Å². The van der Waals surface area contributed by atoms with Gasteiger partial charge in [-0.05, 0) is 0 Å². The molecule has 0 aliphatic carbocycles. The fourth-order valence-electron chi connectivity index (χ4n) is 2.18. The summed E-state index contributed by atoms with van der Waals surface area (Å²) in [6.45, 7) is -0.619. The summed E-state index contributed by atoms with van der Waals surface area (Å²) < 4.78 is 20.1. The summed E-state index contributed by atoms with van der Waals surface area (Å²) in [6, 6.07) is -0.906. The second-order valence-electron chi connectivity index (χ2n) is 4.83. The maximum Gasteiger partial charge on any atom is 0.469 e. The van der Waals surface area contributed by atoms with Crippen LogP contribution >= 0.6 is 7.82 Å². The third kappa shape index (κ3) is 3.62. The molecular formula is C9H16N3O9P. The van der Waals surface area contributed by atoms with E-state index in [2.05, 4.69) is 4.52 Å². The van der Waals surface area contributed by atoms with Crippen molar-refractivity contribution < 1.29 is 43.7 Å². The molecule has 22 heavy (non-hydrogen) atoms. The maximum atomic E-state index is 11.8. The highest BCUT2D eigenvalue weighted by molar-refractivity contribution is 7.46. The van der Waals surface area contributed by atoms with Crippen LogP contribution in [0, 0.1) is 5.41 Å². The van der Waals surface area contributed by atoms with Crippen molar-refractivity contribution >= 4 is 19.7 Å². The molecular weight excluding hydrogens is 325 g/mol. The van der Waals surface area contributed by atoms with Gasteiger partial charge in [0, 0.05) is 6.42 Å². The number of phosphoric acid groups is 1. The van der Waals surface area contributed by atoms with Crippen molar-refractivity contribution in [1.29, 1.82) is 5.41 Å². The summed E-state index contributed by atoms with van der Waals surface area (Å²) in [5.41, 5.74) is 0. The predicted molar refractivity (Wildman–Crippen MR) is 67.4 cm³/mol. The smallest absolute Gasteiger partial charge is 0.390 e. The van der Waals surface area contributed by atoms with E-state index in [9.17, 15) is 24.7 Å². The Morgan fingerprint density at radius 2 is 2.05 bits per heavy atom. The van der Waals surface area contributed by atoms with Crippen LogP contribution in [0.5, 0.6) is 0 Å². The summed E-state index contributed by atoms with van der Waals surface area (Å²) in [5, 5.41) is 38.4. The summed E-state index contributed by atoms with van der Waals surface area (Å²) in [5.74, 6) is -0.575. The Hall–Kier alpha value is -1.11. The van der Waals surface area contributed by atoms with Crippen LogP contribution in [0.25, 0.3) is 0 Å². The van der Waals surface area contributed by atoms with Gasteiger partial charge in [0.1, 0.15) is 18.2 Å². The average molecular weight is 341 g/mol. The minimum absolute atomic E-state index is 0.167. The van der Waals surface area contributed by atoms with E-state index in [4.69, 9.17) is 19.9 Å². The van der Waals surface area contributed by atoms with E-state index in [1.54, 1.807) is 0 Å². The van der Waals surface area contributed by atoms with Crippen molar-refractivity contribution in [3.8, 4) is 0 Å². The second-order valence-corrected chi connectivity index (χ2v) is 6.07. The minimum Gasteiger partial charge on any atom is -0.390 e. The van der Waals surface area contributed by atoms with Gasteiger partial charge < -0.3 is 29.8 Å². The number of nitrogens with one attached hydrogen (secondary N) is 2. The van der Waals surface area contributed by atoms with Crippen LogP contribution in [0.4, 0.5) is 4.79 Å². The van der Waals surface area contributed by atoms with Crippen LogP contribution < -0.4 is 5.32 Å². The number of amidine groups is 1. The Kier molecular flexibility index (Phi) is 4.84. The van der Waals surface area contributed by atoms with Crippen molar-refractivity contribution in [2.75, 3.05) is 6.61 Å². The lowest BCUT2D eigenvalue weighted by atomic mass is 10.1. The van der Waals surface area contributed by atoms with E-state index >= 15 is 0 Å². The van der Waals surface area contributed by atoms with E-state index in [1.165, 1.54) is 0 Å². The molecule has 126 valence electrons. The van der Waals surface area contributed by atoms with Gasteiger partial charge in [0.2, 0.25) is 0 Å². The number of hydrogen-bond acceptors (Lipinski definition) is 8. The number of amides is 2. The summed E-state index contributed by atoms with van der Waals surface area (Å²) in [7, 11) is -4.74. The van der Waals surface area contributed by atoms with Crippen molar-refractivity contribution in [3.05, 3.63) is 0 Å². The third-order valence-corrected chi connectivity index (χ3v) is 3.75. The topological polar surface area (TPSA) is 193 Å². The summed E-state index contributed by atoms with van der Waals surface area (Å²) >= 11 is 0. The highest BCUT2D eigenvalue weighted by atomic mass is 31.2. The minimum atomic E-state index is -4.74. The number of phosphoric ester groups is 1. The number of hydrogen-bond donors (Lipinski definition) is 7. The molecule has 13 heteroatoms. The van der Waals surface area contributed by atoms with Crippen molar-refractivity contribution in [3.63, 3.8) is 0 Å². The van der Waals surface area contributed by atoms with E-state index in [1.807, 2.05) is 5.32 Å². The molecule has 2 aliphatic heterocycles. The van der Waals surface area contributed by atoms with Crippen LogP contribution in [0.2, 0.25) is 0 Å². The number of carbonyl (C=O) groups is 1. The molecule has 0 aromatic rings.